The van der Waals surface area contributed by atoms with Crippen LogP contribution in [0.1, 0.15) is 24.0 Å². The number of likely N-dealkylation sites (tertiary alicyclic amines) is 1. The van der Waals surface area contributed by atoms with Crippen molar-refractivity contribution in [2.24, 2.45) is 5.92 Å². The fraction of sp³-hybridized carbons (Fsp3) is 0.364. The first-order chi connectivity index (χ1) is 13.2. The van der Waals surface area contributed by atoms with Crippen LogP contribution >= 0.6 is 0 Å². The quantitative estimate of drug-likeness (QED) is 0.729. The molecule has 1 unspecified atom stereocenters. The van der Waals surface area contributed by atoms with Gasteiger partial charge in [0.25, 0.3) is 0 Å². The van der Waals surface area contributed by atoms with Crippen molar-refractivity contribution in [1.29, 1.82) is 0 Å². The van der Waals surface area contributed by atoms with E-state index in [1.165, 1.54) is 0 Å². The largest absolute Gasteiger partial charge is 0.465 e. The van der Waals surface area contributed by atoms with E-state index < -0.39 is 0 Å². The Hall–Kier alpha value is -2.82. The van der Waals surface area contributed by atoms with Crippen LogP contribution in [0.15, 0.2) is 60.7 Å². The number of benzene rings is 2. The Bertz CT molecular complexity index is 732. The van der Waals surface area contributed by atoms with Gasteiger partial charge >= 0.3 is 12.1 Å². The monoisotopic (exact) mass is 367 g/mol. The van der Waals surface area contributed by atoms with Crippen molar-refractivity contribution in [3.8, 4) is 0 Å². The molecule has 142 valence electrons. The fourth-order valence-electron chi connectivity index (χ4n) is 3.18. The number of ether oxygens (including phenoxy) is 2. The fourth-order valence-corrected chi connectivity index (χ4v) is 3.18. The zero-order valence-corrected chi connectivity index (χ0v) is 15.4. The van der Waals surface area contributed by atoms with Crippen LogP contribution in [0.4, 0.5) is 4.79 Å². The number of esters is 1. The highest BCUT2D eigenvalue weighted by Crippen LogP contribution is 2.19. The molecule has 1 fully saturated rings. The minimum Gasteiger partial charge on any atom is -0.465 e. The SMILES string of the molecule is O=C(OCCc1ccccc1)C1CCCN(C(=O)OCc2ccccc2)C1. The summed E-state index contributed by atoms with van der Waals surface area (Å²) in [4.78, 5) is 26.2. The van der Waals surface area contributed by atoms with Gasteiger partial charge in [-0.25, -0.2) is 4.79 Å². The van der Waals surface area contributed by atoms with E-state index in [0.717, 1.165) is 24.0 Å². The number of nitrogens with zero attached hydrogens (tertiary/aromatic N) is 1. The van der Waals surface area contributed by atoms with Gasteiger partial charge in [0.2, 0.25) is 0 Å². The summed E-state index contributed by atoms with van der Waals surface area (Å²) >= 11 is 0. The first-order valence-electron chi connectivity index (χ1n) is 9.38. The van der Waals surface area contributed by atoms with Gasteiger partial charge in [0, 0.05) is 19.5 Å². The van der Waals surface area contributed by atoms with Crippen LogP contribution in [0, 0.1) is 5.92 Å². The van der Waals surface area contributed by atoms with Crippen molar-refractivity contribution in [2.75, 3.05) is 19.7 Å². The van der Waals surface area contributed by atoms with Gasteiger partial charge in [0.05, 0.1) is 12.5 Å². The van der Waals surface area contributed by atoms with Gasteiger partial charge < -0.3 is 14.4 Å². The molecule has 3 rings (SSSR count). The van der Waals surface area contributed by atoms with E-state index in [-0.39, 0.29) is 24.6 Å². The van der Waals surface area contributed by atoms with Gasteiger partial charge in [-0.15, -0.1) is 0 Å². The van der Waals surface area contributed by atoms with Gasteiger partial charge in [-0.05, 0) is 24.0 Å². The molecular weight excluding hydrogens is 342 g/mol. The molecule has 27 heavy (non-hydrogen) atoms. The standard InChI is InChI=1S/C22H25NO4/c24-21(26-15-13-18-8-3-1-4-9-18)20-12-7-14-23(16-20)22(25)27-17-19-10-5-2-6-11-19/h1-6,8-11,20H,7,12-17H2. The third-order valence-corrected chi connectivity index (χ3v) is 4.70. The molecule has 1 saturated heterocycles. The summed E-state index contributed by atoms with van der Waals surface area (Å²) in [5, 5.41) is 0. The summed E-state index contributed by atoms with van der Waals surface area (Å²) in [5.74, 6) is -0.509. The average molecular weight is 367 g/mol. The van der Waals surface area contributed by atoms with E-state index in [2.05, 4.69) is 0 Å². The maximum absolute atomic E-state index is 12.3. The Kier molecular flexibility index (Phi) is 6.85. The number of carbonyl (C=O) groups is 2. The number of rotatable bonds is 6. The van der Waals surface area contributed by atoms with Crippen molar-refractivity contribution >= 4 is 12.1 Å². The second-order valence-electron chi connectivity index (χ2n) is 6.73. The summed E-state index contributed by atoms with van der Waals surface area (Å²) < 4.78 is 10.8. The van der Waals surface area contributed by atoms with Crippen LogP contribution in [-0.2, 0) is 27.3 Å². The lowest BCUT2D eigenvalue weighted by atomic mass is 9.98. The molecule has 5 heteroatoms. The molecule has 5 nitrogen and oxygen atoms in total. The minimum atomic E-state index is -0.374. The summed E-state index contributed by atoms with van der Waals surface area (Å²) in [6, 6.07) is 19.5. The van der Waals surface area contributed by atoms with Crippen LogP contribution < -0.4 is 0 Å². The van der Waals surface area contributed by atoms with Crippen molar-refractivity contribution in [2.45, 2.75) is 25.9 Å². The Morgan fingerprint density at radius 1 is 0.926 bits per heavy atom. The second-order valence-corrected chi connectivity index (χ2v) is 6.73. The molecule has 0 saturated carbocycles. The summed E-state index contributed by atoms with van der Waals surface area (Å²) in [6.45, 7) is 1.57. The maximum Gasteiger partial charge on any atom is 0.410 e. The molecule has 2 aromatic rings. The lowest BCUT2D eigenvalue weighted by Crippen LogP contribution is -2.43. The van der Waals surface area contributed by atoms with Crippen molar-refractivity contribution in [3.63, 3.8) is 0 Å². The summed E-state index contributed by atoms with van der Waals surface area (Å²) in [6.07, 6.45) is 1.84. The van der Waals surface area contributed by atoms with Crippen LogP contribution in [0.3, 0.4) is 0 Å². The molecule has 1 heterocycles. The third kappa shape index (κ3) is 5.84. The zero-order valence-electron chi connectivity index (χ0n) is 15.4. The lowest BCUT2D eigenvalue weighted by molar-refractivity contribution is -0.150. The molecule has 0 aromatic heterocycles. The normalized spacial score (nSPS) is 16.6. The Labute approximate surface area is 159 Å². The predicted molar refractivity (Wildman–Crippen MR) is 102 cm³/mol. The third-order valence-electron chi connectivity index (χ3n) is 4.70. The highest BCUT2D eigenvalue weighted by molar-refractivity contribution is 5.74. The second kappa shape index (κ2) is 9.76. The van der Waals surface area contributed by atoms with Gasteiger partial charge in [0.1, 0.15) is 6.61 Å². The Morgan fingerprint density at radius 2 is 1.59 bits per heavy atom. The molecule has 1 atom stereocenters. The topological polar surface area (TPSA) is 55.8 Å². The number of carbonyl (C=O) groups excluding carboxylic acids is 2. The average Bonchev–Trinajstić information content (AvgIpc) is 2.73. The number of amides is 1. The first kappa shape index (κ1) is 19.0. The Morgan fingerprint density at radius 3 is 2.30 bits per heavy atom. The van der Waals surface area contributed by atoms with Gasteiger partial charge in [-0.2, -0.15) is 0 Å². The first-order valence-corrected chi connectivity index (χ1v) is 9.38. The zero-order chi connectivity index (χ0) is 18.9. The van der Waals surface area contributed by atoms with Crippen LogP contribution in [-0.4, -0.2) is 36.7 Å². The van der Waals surface area contributed by atoms with Gasteiger partial charge in [-0.1, -0.05) is 60.7 Å². The molecule has 0 aliphatic carbocycles. The van der Waals surface area contributed by atoms with E-state index in [1.807, 2.05) is 60.7 Å². The minimum absolute atomic E-state index is 0.230. The highest BCUT2D eigenvalue weighted by atomic mass is 16.6. The number of hydrogen-bond acceptors (Lipinski definition) is 4. The van der Waals surface area contributed by atoms with Crippen LogP contribution in [0.2, 0.25) is 0 Å². The lowest BCUT2D eigenvalue weighted by Gasteiger charge is -2.30. The molecule has 0 N–H and O–H groups in total. The van der Waals surface area contributed by atoms with E-state index in [4.69, 9.17) is 9.47 Å². The molecule has 2 aromatic carbocycles. The van der Waals surface area contributed by atoms with Crippen LogP contribution in [0.25, 0.3) is 0 Å². The molecule has 1 aliphatic rings. The van der Waals surface area contributed by atoms with Gasteiger partial charge in [-0.3, -0.25) is 4.79 Å². The molecule has 0 radical (unpaired) electrons. The Balaban J connectivity index is 1.42. The number of piperidine rings is 1. The van der Waals surface area contributed by atoms with Crippen LogP contribution in [0.5, 0.6) is 0 Å². The van der Waals surface area contributed by atoms with Crippen molar-refractivity contribution < 1.29 is 19.1 Å². The van der Waals surface area contributed by atoms with Crippen molar-refractivity contribution in [3.05, 3.63) is 71.8 Å². The summed E-state index contributed by atoms with van der Waals surface area (Å²) in [5.41, 5.74) is 2.08. The molecule has 0 bridgehead atoms. The highest BCUT2D eigenvalue weighted by Gasteiger charge is 2.30. The van der Waals surface area contributed by atoms with Gasteiger partial charge in [0.15, 0.2) is 0 Å². The smallest absolute Gasteiger partial charge is 0.410 e. The summed E-state index contributed by atoms with van der Waals surface area (Å²) in [7, 11) is 0. The van der Waals surface area contributed by atoms with Crippen molar-refractivity contribution in [1.82, 2.24) is 4.90 Å². The predicted octanol–water partition coefficient (Wildman–Crippen LogP) is 3.82. The van der Waals surface area contributed by atoms with E-state index in [9.17, 15) is 9.59 Å². The molecule has 0 spiro atoms. The molecular formula is C22H25NO4. The van der Waals surface area contributed by atoms with E-state index in [1.54, 1.807) is 4.90 Å². The number of hydrogen-bond donors (Lipinski definition) is 0. The maximum atomic E-state index is 12.3. The van der Waals surface area contributed by atoms with E-state index >= 15 is 0 Å². The molecule has 1 amide bonds. The van der Waals surface area contributed by atoms with E-state index in [0.29, 0.717) is 26.1 Å². The molecule has 1 aliphatic heterocycles.